The highest BCUT2D eigenvalue weighted by Gasteiger charge is 2.10. The summed E-state index contributed by atoms with van der Waals surface area (Å²) in [5.74, 6) is 0. The summed E-state index contributed by atoms with van der Waals surface area (Å²) >= 11 is 0. The molecule has 0 saturated carbocycles. The highest BCUT2D eigenvalue weighted by Crippen LogP contribution is 2.33. The van der Waals surface area contributed by atoms with Crippen molar-refractivity contribution in [1.82, 2.24) is 10.3 Å². The molecule has 2 N–H and O–H groups in total. The van der Waals surface area contributed by atoms with E-state index in [4.69, 9.17) is 9.72 Å². The number of aryl methyl sites for hydroxylation is 1. The van der Waals surface area contributed by atoms with Crippen LogP contribution in [-0.4, -0.2) is 24.7 Å². The molecule has 0 aliphatic heterocycles. The number of nitrogens with one attached hydrogen (secondary N) is 2. The van der Waals surface area contributed by atoms with E-state index in [0.29, 0.717) is 13.0 Å². The number of ether oxygens (including phenoxy) is 1. The van der Waals surface area contributed by atoms with E-state index in [0.717, 1.165) is 38.7 Å². The fourth-order valence-corrected chi connectivity index (χ4v) is 3.42. The molecule has 0 radical (unpaired) electrons. The lowest BCUT2D eigenvalue weighted by molar-refractivity contribution is 0.150. The molecule has 1 aromatic heterocycles. The molecule has 4 aromatic rings. The highest BCUT2D eigenvalue weighted by molar-refractivity contribution is 6.08. The number of benzene rings is 3. The number of pyridine rings is 1. The van der Waals surface area contributed by atoms with Crippen molar-refractivity contribution in [2.75, 3.05) is 19.0 Å². The minimum Gasteiger partial charge on any atom is -0.449 e. The monoisotopic (exact) mass is 385 g/mol. The van der Waals surface area contributed by atoms with E-state index in [1.165, 1.54) is 5.56 Å². The highest BCUT2D eigenvalue weighted by atomic mass is 16.5. The van der Waals surface area contributed by atoms with E-state index in [1.54, 1.807) is 7.05 Å². The number of anilines is 2. The Labute approximate surface area is 169 Å². The van der Waals surface area contributed by atoms with Crippen LogP contribution in [-0.2, 0) is 11.2 Å². The maximum atomic E-state index is 11.2. The lowest BCUT2D eigenvalue weighted by Crippen LogP contribution is -2.20. The zero-order chi connectivity index (χ0) is 20.2. The quantitative estimate of drug-likeness (QED) is 0.455. The molecule has 1 amide bonds. The smallest absolute Gasteiger partial charge is 0.406 e. The molecular formula is C24H23N3O2. The SMILES string of the molecule is CNC(=O)OCCc1cccc(Nc2c3ccccc3nc3ccc(C)cc23)c1. The van der Waals surface area contributed by atoms with Gasteiger partial charge in [-0.15, -0.1) is 0 Å². The van der Waals surface area contributed by atoms with Crippen molar-refractivity contribution >= 4 is 39.3 Å². The van der Waals surface area contributed by atoms with Crippen LogP contribution >= 0.6 is 0 Å². The van der Waals surface area contributed by atoms with E-state index in [2.05, 4.69) is 47.9 Å². The summed E-state index contributed by atoms with van der Waals surface area (Å²) in [6.45, 7) is 2.43. The molecule has 146 valence electrons. The third-order valence-electron chi connectivity index (χ3n) is 4.86. The number of rotatable bonds is 5. The minimum absolute atomic E-state index is 0.337. The fraction of sp³-hybridized carbons (Fsp3) is 0.167. The van der Waals surface area contributed by atoms with Gasteiger partial charge >= 0.3 is 6.09 Å². The molecular weight excluding hydrogens is 362 g/mol. The second kappa shape index (κ2) is 8.19. The van der Waals surface area contributed by atoms with Crippen LogP contribution in [0.2, 0.25) is 0 Å². The number of fused-ring (bicyclic) bond motifs is 2. The average Bonchev–Trinajstić information content (AvgIpc) is 2.74. The molecule has 0 bridgehead atoms. The summed E-state index contributed by atoms with van der Waals surface area (Å²) in [7, 11) is 1.55. The Bertz CT molecular complexity index is 1190. The third kappa shape index (κ3) is 4.14. The van der Waals surface area contributed by atoms with Gasteiger partial charge < -0.3 is 15.4 Å². The van der Waals surface area contributed by atoms with E-state index >= 15 is 0 Å². The zero-order valence-electron chi connectivity index (χ0n) is 16.5. The van der Waals surface area contributed by atoms with Gasteiger partial charge in [0.1, 0.15) is 0 Å². The Hall–Kier alpha value is -3.60. The van der Waals surface area contributed by atoms with E-state index < -0.39 is 6.09 Å². The largest absolute Gasteiger partial charge is 0.449 e. The third-order valence-corrected chi connectivity index (χ3v) is 4.86. The van der Waals surface area contributed by atoms with Crippen molar-refractivity contribution in [3.05, 3.63) is 77.9 Å². The van der Waals surface area contributed by atoms with Gasteiger partial charge in [-0.05, 0) is 42.8 Å². The Morgan fingerprint density at radius 1 is 0.966 bits per heavy atom. The Balaban J connectivity index is 1.69. The van der Waals surface area contributed by atoms with Gasteiger partial charge in [0.2, 0.25) is 0 Å². The molecule has 0 unspecified atom stereocenters. The van der Waals surface area contributed by atoms with Crippen molar-refractivity contribution in [3.63, 3.8) is 0 Å². The second-order valence-corrected chi connectivity index (χ2v) is 6.99. The molecule has 0 aliphatic carbocycles. The molecule has 0 saturated heterocycles. The number of carbonyl (C=O) groups excluding carboxylic acids is 1. The van der Waals surface area contributed by atoms with Crippen LogP contribution in [0, 0.1) is 6.92 Å². The van der Waals surface area contributed by atoms with Gasteiger partial charge in [0.25, 0.3) is 0 Å². The Morgan fingerprint density at radius 3 is 2.66 bits per heavy atom. The summed E-state index contributed by atoms with van der Waals surface area (Å²) < 4.78 is 5.10. The number of hydrogen-bond acceptors (Lipinski definition) is 4. The molecule has 0 fully saturated rings. The molecule has 5 nitrogen and oxygen atoms in total. The molecule has 0 atom stereocenters. The second-order valence-electron chi connectivity index (χ2n) is 6.99. The molecule has 29 heavy (non-hydrogen) atoms. The number of para-hydroxylation sites is 1. The Morgan fingerprint density at radius 2 is 1.79 bits per heavy atom. The first-order valence-corrected chi connectivity index (χ1v) is 9.63. The predicted molar refractivity (Wildman–Crippen MR) is 118 cm³/mol. The van der Waals surface area contributed by atoms with Gasteiger partial charge in [0.05, 0.1) is 23.3 Å². The topological polar surface area (TPSA) is 63.2 Å². The fourth-order valence-electron chi connectivity index (χ4n) is 3.42. The van der Waals surface area contributed by atoms with Crippen molar-refractivity contribution in [2.45, 2.75) is 13.3 Å². The van der Waals surface area contributed by atoms with Crippen molar-refractivity contribution in [3.8, 4) is 0 Å². The molecule has 5 heteroatoms. The zero-order valence-corrected chi connectivity index (χ0v) is 16.5. The molecule has 0 spiro atoms. The van der Waals surface area contributed by atoms with Crippen molar-refractivity contribution < 1.29 is 9.53 Å². The molecule has 1 heterocycles. The summed E-state index contributed by atoms with van der Waals surface area (Å²) in [5.41, 5.74) is 6.25. The lowest BCUT2D eigenvalue weighted by Gasteiger charge is -2.14. The molecule has 4 rings (SSSR count). The number of carbonyl (C=O) groups is 1. The predicted octanol–water partition coefficient (Wildman–Crippen LogP) is 5.34. The van der Waals surface area contributed by atoms with Crippen LogP contribution in [0.3, 0.4) is 0 Å². The van der Waals surface area contributed by atoms with Crippen LogP contribution in [0.15, 0.2) is 66.7 Å². The van der Waals surface area contributed by atoms with Crippen LogP contribution in [0.1, 0.15) is 11.1 Å². The van der Waals surface area contributed by atoms with Crippen LogP contribution < -0.4 is 10.6 Å². The first-order chi connectivity index (χ1) is 14.1. The lowest BCUT2D eigenvalue weighted by atomic mass is 10.0. The van der Waals surface area contributed by atoms with Gasteiger partial charge in [-0.2, -0.15) is 0 Å². The summed E-state index contributed by atoms with van der Waals surface area (Å²) in [4.78, 5) is 16.0. The van der Waals surface area contributed by atoms with E-state index in [1.807, 2.05) is 36.4 Å². The van der Waals surface area contributed by atoms with Gasteiger partial charge in [-0.25, -0.2) is 9.78 Å². The van der Waals surface area contributed by atoms with Crippen LogP contribution in [0.4, 0.5) is 16.2 Å². The normalized spacial score (nSPS) is 10.8. The average molecular weight is 385 g/mol. The van der Waals surface area contributed by atoms with Crippen LogP contribution in [0.5, 0.6) is 0 Å². The van der Waals surface area contributed by atoms with E-state index in [9.17, 15) is 4.79 Å². The number of amides is 1. The van der Waals surface area contributed by atoms with Gasteiger partial charge in [-0.3, -0.25) is 0 Å². The summed E-state index contributed by atoms with van der Waals surface area (Å²) in [5, 5.41) is 8.24. The van der Waals surface area contributed by atoms with Gasteiger partial charge in [-0.1, -0.05) is 42.0 Å². The first kappa shape index (κ1) is 18.7. The van der Waals surface area contributed by atoms with E-state index in [-0.39, 0.29) is 0 Å². The molecule has 3 aromatic carbocycles. The number of nitrogens with zero attached hydrogens (tertiary/aromatic N) is 1. The Kier molecular flexibility index (Phi) is 5.29. The maximum absolute atomic E-state index is 11.2. The molecule has 0 aliphatic rings. The minimum atomic E-state index is -0.413. The first-order valence-electron chi connectivity index (χ1n) is 9.63. The standard InChI is InChI=1S/C24H23N3O2/c1-16-10-11-22-20(14-16)23(19-8-3-4-9-21(19)27-22)26-18-7-5-6-17(15-18)12-13-29-24(28)25-2/h3-11,14-15H,12-13H2,1-2H3,(H,25,28)(H,26,27). The van der Waals surface area contributed by atoms with Gasteiger partial charge in [0.15, 0.2) is 0 Å². The number of hydrogen-bond donors (Lipinski definition) is 2. The van der Waals surface area contributed by atoms with Crippen LogP contribution in [0.25, 0.3) is 21.8 Å². The maximum Gasteiger partial charge on any atom is 0.406 e. The van der Waals surface area contributed by atoms with Crippen molar-refractivity contribution in [2.24, 2.45) is 0 Å². The summed E-state index contributed by atoms with van der Waals surface area (Å²) in [6, 6.07) is 22.6. The number of aromatic nitrogens is 1. The van der Waals surface area contributed by atoms with Gasteiger partial charge in [0, 0.05) is 29.9 Å². The summed E-state index contributed by atoms with van der Waals surface area (Å²) in [6.07, 6.45) is 0.240. The number of alkyl carbamates (subject to hydrolysis) is 1. The van der Waals surface area contributed by atoms with Crippen molar-refractivity contribution in [1.29, 1.82) is 0 Å².